The SMILES string of the molecule is CS(C)(=O)=O.O=P(O)(O)O. The van der Waals surface area contributed by atoms with Gasteiger partial charge in [0.15, 0.2) is 0 Å². The Balaban J connectivity index is 0. The molecule has 0 aromatic rings. The molecule has 8 heteroatoms. The van der Waals surface area contributed by atoms with Crippen molar-refractivity contribution in [3.8, 4) is 0 Å². The topological polar surface area (TPSA) is 112 Å². The van der Waals surface area contributed by atoms with E-state index in [1.54, 1.807) is 0 Å². The molecule has 64 valence electrons. The fraction of sp³-hybridized carbons (Fsp3) is 1.00. The Morgan fingerprint density at radius 3 is 1.10 bits per heavy atom. The second-order valence-corrected chi connectivity index (χ2v) is 4.97. The van der Waals surface area contributed by atoms with E-state index in [-0.39, 0.29) is 0 Å². The van der Waals surface area contributed by atoms with Crippen LogP contribution in [0, 0.1) is 0 Å². The van der Waals surface area contributed by atoms with E-state index in [1.807, 2.05) is 0 Å². The highest BCUT2D eigenvalue weighted by Gasteiger charge is 2.00. The molecule has 0 rings (SSSR count). The second-order valence-electron chi connectivity index (χ2n) is 1.66. The highest BCUT2D eigenvalue weighted by atomic mass is 32.2. The van der Waals surface area contributed by atoms with Crippen molar-refractivity contribution in [1.29, 1.82) is 0 Å². The average molecular weight is 192 g/mol. The minimum absolute atomic E-state index is 1.16. The molecule has 0 unspecified atom stereocenters. The smallest absolute Gasteiger partial charge is 0.303 e. The molecule has 0 fully saturated rings. The summed E-state index contributed by atoms with van der Waals surface area (Å²) in [6, 6.07) is 0. The number of sulfone groups is 1. The molecule has 0 heterocycles. The first-order chi connectivity index (χ1) is 4.00. The first-order valence-electron chi connectivity index (χ1n) is 1.93. The van der Waals surface area contributed by atoms with Crippen molar-refractivity contribution < 1.29 is 27.7 Å². The Morgan fingerprint density at radius 2 is 1.10 bits per heavy atom. The second kappa shape index (κ2) is 4.05. The molecule has 0 aliphatic heterocycles. The fourth-order valence-corrected chi connectivity index (χ4v) is 0. The Hall–Kier alpha value is 0.0600. The van der Waals surface area contributed by atoms with Crippen LogP contribution in [0.25, 0.3) is 0 Å². The van der Waals surface area contributed by atoms with E-state index in [0.29, 0.717) is 0 Å². The quantitative estimate of drug-likeness (QED) is 0.412. The zero-order valence-corrected chi connectivity index (χ0v) is 7.13. The molecule has 0 aliphatic carbocycles. The highest BCUT2D eigenvalue weighted by molar-refractivity contribution is 7.89. The summed E-state index contributed by atoms with van der Waals surface area (Å²) in [4.78, 5) is 21.6. The van der Waals surface area contributed by atoms with Gasteiger partial charge in [-0.25, -0.2) is 13.0 Å². The normalized spacial score (nSPS) is 11.7. The maximum atomic E-state index is 9.63. The summed E-state index contributed by atoms with van der Waals surface area (Å²) in [5, 5.41) is 0. The molecule has 0 atom stereocenters. The van der Waals surface area contributed by atoms with Gasteiger partial charge < -0.3 is 14.7 Å². The van der Waals surface area contributed by atoms with Gasteiger partial charge in [0, 0.05) is 12.5 Å². The Morgan fingerprint density at radius 1 is 1.10 bits per heavy atom. The fourth-order valence-electron chi connectivity index (χ4n) is 0. The van der Waals surface area contributed by atoms with Gasteiger partial charge in [0.05, 0.1) is 0 Å². The molecule has 0 saturated heterocycles. The Bertz CT molecular complexity index is 194. The van der Waals surface area contributed by atoms with Crippen LogP contribution in [0.3, 0.4) is 0 Å². The van der Waals surface area contributed by atoms with E-state index >= 15 is 0 Å². The molecule has 6 nitrogen and oxygen atoms in total. The summed E-state index contributed by atoms with van der Waals surface area (Å²) in [5.41, 5.74) is 0. The number of phosphoric acid groups is 1. The Labute approximate surface area is 58.7 Å². The van der Waals surface area contributed by atoms with Crippen molar-refractivity contribution in [2.24, 2.45) is 0 Å². The molecule has 0 amide bonds. The molecule has 0 aromatic heterocycles. The van der Waals surface area contributed by atoms with Crippen LogP contribution in [0.5, 0.6) is 0 Å². The molecule has 0 aliphatic rings. The van der Waals surface area contributed by atoms with Crippen LogP contribution < -0.4 is 0 Å². The summed E-state index contributed by atoms with van der Waals surface area (Å²) in [6.45, 7) is 0. The van der Waals surface area contributed by atoms with E-state index in [1.165, 1.54) is 0 Å². The van der Waals surface area contributed by atoms with Crippen molar-refractivity contribution >= 4 is 17.7 Å². The molecule has 10 heavy (non-hydrogen) atoms. The van der Waals surface area contributed by atoms with Gasteiger partial charge in [-0.3, -0.25) is 0 Å². The summed E-state index contributed by atoms with van der Waals surface area (Å²) in [5.74, 6) is 0. The zero-order valence-electron chi connectivity index (χ0n) is 5.42. The van der Waals surface area contributed by atoms with Gasteiger partial charge in [0.25, 0.3) is 0 Å². The van der Waals surface area contributed by atoms with Crippen LogP contribution in [-0.2, 0) is 14.4 Å². The lowest BCUT2D eigenvalue weighted by Crippen LogP contribution is -1.86. The van der Waals surface area contributed by atoms with Crippen molar-refractivity contribution in [3.05, 3.63) is 0 Å². The van der Waals surface area contributed by atoms with Crippen LogP contribution in [0.1, 0.15) is 0 Å². The molecular formula is C2H9O6PS. The third-order valence-corrected chi connectivity index (χ3v) is 0. The predicted octanol–water partition coefficient (Wildman–Crippen LogP) is -1.27. The average Bonchev–Trinajstić information content (AvgIpc) is 1.12. The van der Waals surface area contributed by atoms with Crippen molar-refractivity contribution in [3.63, 3.8) is 0 Å². The zero-order chi connectivity index (χ0) is 9.00. The number of rotatable bonds is 0. The number of hydrogen-bond donors (Lipinski definition) is 3. The molecule has 0 radical (unpaired) electrons. The van der Waals surface area contributed by atoms with E-state index in [9.17, 15) is 8.42 Å². The van der Waals surface area contributed by atoms with E-state index in [0.717, 1.165) is 12.5 Å². The van der Waals surface area contributed by atoms with Gasteiger partial charge in [-0.15, -0.1) is 0 Å². The minimum Gasteiger partial charge on any atom is -0.303 e. The predicted molar refractivity (Wildman–Crippen MR) is 35.0 cm³/mol. The summed E-state index contributed by atoms with van der Waals surface area (Å²) in [7, 11) is -7.31. The maximum absolute atomic E-state index is 9.63. The minimum atomic E-state index is -4.64. The standard InChI is InChI=1S/C2H6O2S.H3O4P/c2*1-5(2,3)4/h1-2H3;(H3,1,2,3,4). The molecular weight excluding hydrogens is 183 g/mol. The van der Waals surface area contributed by atoms with Gasteiger partial charge in [0.2, 0.25) is 0 Å². The highest BCUT2D eigenvalue weighted by Crippen LogP contribution is 2.25. The number of hydrogen-bond acceptors (Lipinski definition) is 3. The molecule has 3 N–H and O–H groups in total. The van der Waals surface area contributed by atoms with E-state index < -0.39 is 17.7 Å². The van der Waals surface area contributed by atoms with Crippen LogP contribution >= 0.6 is 7.82 Å². The lowest BCUT2D eigenvalue weighted by molar-refractivity contribution is 0.275. The monoisotopic (exact) mass is 192 g/mol. The van der Waals surface area contributed by atoms with Gasteiger partial charge in [-0.2, -0.15) is 0 Å². The third kappa shape index (κ3) is 112000. The van der Waals surface area contributed by atoms with Gasteiger partial charge in [-0.05, 0) is 0 Å². The first-order valence-corrected chi connectivity index (χ1v) is 5.80. The van der Waals surface area contributed by atoms with Gasteiger partial charge >= 0.3 is 7.82 Å². The largest absolute Gasteiger partial charge is 0.466 e. The lowest BCUT2D eigenvalue weighted by atomic mass is 11.9. The molecule has 0 spiro atoms. The summed E-state index contributed by atoms with van der Waals surface area (Å²) >= 11 is 0. The molecule has 0 saturated carbocycles. The molecule has 0 bridgehead atoms. The van der Waals surface area contributed by atoms with Crippen molar-refractivity contribution in [2.45, 2.75) is 0 Å². The lowest BCUT2D eigenvalue weighted by Gasteiger charge is -1.82. The van der Waals surface area contributed by atoms with Crippen LogP contribution in [-0.4, -0.2) is 35.6 Å². The van der Waals surface area contributed by atoms with Crippen molar-refractivity contribution in [1.82, 2.24) is 0 Å². The van der Waals surface area contributed by atoms with Crippen LogP contribution in [0.15, 0.2) is 0 Å². The van der Waals surface area contributed by atoms with Gasteiger partial charge in [-0.1, -0.05) is 0 Å². The third-order valence-electron chi connectivity index (χ3n) is 0. The molecule has 0 aromatic carbocycles. The summed E-state index contributed by atoms with van der Waals surface area (Å²) in [6.07, 6.45) is 2.32. The van der Waals surface area contributed by atoms with Crippen LogP contribution in [0.2, 0.25) is 0 Å². The van der Waals surface area contributed by atoms with E-state index in [4.69, 9.17) is 19.2 Å². The first kappa shape index (κ1) is 12.7. The maximum Gasteiger partial charge on any atom is 0.466 e. The summed E-state index contributed by atoms with van der Waals surface area (Å²) < 4.78 is 28.1. The van der Waals surface area contributed by atoms with Gasteiger partial charge in [0.1, 0.15) is 9.84 Å². The Kier molecular flexibility index (Phi) is 5.14. The van der Waals surface area contributed by atoms with Crippen LogP contribution in [0.4, 0.5) is 0 Å². The van der Waals surface area contributed by atoms with E-state index in [2.05, 4.69) is 0 Å². The van der Waals surface area contributed by atoms with Crippen molar-refractivity contribution in [2.75, 3.05) is 12.5 Å².